The van der Waals surface area contributed by atoms with Gasteiger partial charge in [0, 0.05) is 22.1 Å². The zero-order valence-corrected chi connectivity index (χ0v) is 16.3. The van der Waals surface area contributed by atoms with Crippen LogP contribution in [0.1, 0.15) is 35.1 Å². The van der Waals surface area contributed by atoms with E-state index >= 15 is 0 Å². The van der Waals surface area contributed by atoms with Gasteiger partial charge in [0.05, 0.1) is 7.11 Å². The van der Waals surface area contributed by atoms with Gasteiger partial charge in [-0.05, 0) is 61.4 Å². The average Bonchev–Trinajstić information content (AvgIpc) is 3.37. The van der Waals surface area contributed by atoms with Gasteiger partial charge < -0.3 is 14.2 Å². The van der Waals surface area contributed by atoms with Gasteiger partial charge in [-0.1, -0.05) is 21.1 Å². The first-order valence-electron chi connectivity index (χ1n) is 8.70. The number of amides is 1. The summed E-state index contributed by atoms with van der Waals surface area (Å²) in [6, 6.07) is 14.6. The van der Waals surface area contributed by atoms with Crippen molar-refractivity contribution in [3.05, 3.63) is 64.5 Å². The minimum atomic E-state index is -0.194. The second-order valence-corrected chi connectivity index (χ2v) is 7.26. The second-order valence-electron chi connectivity index (χ2n) is 6.35. The molecule has 0 radical (unpaired) electrons. The monoisotopic (exact) mass is 427 g/mol. The number of carbonyl (C=O) groups excluding carboxylic acids is 1. The number of hydrogen-bond donors (Lipinski definition) is 0. The van der Waals surface area contributed by atoms with E-state index in [0.29, 0.717) is 23.8 Å². The maximum absolute atomic E-state index is 12.9. The van der Waals surface area contributed by atoms with E-state index in [-0.39, 0.29) is 11.9 Å². The minimum absolute atomic E-state index is 0.0193. The average molecular weight is 428 g/mol. The van der Waals surface area contributed by atoms with E-state index < -0.39 is 0 Å². The Morgan fingerprint density at radius 2 is 1.93 bits per heavy atom. The van der Waals surface area contributed by atoms with Crippen molar-refractivity contribution in [2.75, 3.05) is 13.7 Å². The molecule has 0 N–H and O–H groups in total. The molecular formula is C20H18BrN3O3. The molecule has 1 atom stereocenters. The maximum atomic E-state index is 12.9. The Hall–Kier alpha value is -2.67. The van der Waals surface area contributed by atoms with Crippen molar-refractivity contribution in [1.82, 2.24) is 15.0 Å². The molecule has 0 bridgehead atoms. The number of benzene rings is 2. The zero-order chi connectivity index (χ0) is 18.8. The molecule has 1 aromatic heterocycles. The molecule has 0 spiro atoms. The number of nitrogens with zero attached hydrogens (tertiary/aromatic N) is 3. The van der Waals surface area contributed by atoms with Crippen LogP contribution in [0.2, 0.25) is 0 Å². The van der Waals surface area contributed by atoms with E-state index in [9.17, 15) is 4.79 Å². The topological polar surface area (TPSA) is 68.5 Å². The molecule has 0 saturated carbocycles. The van der Waals surface area contributed by atoms with Crippen LogP contribution in [-0.2, 0) is 0 Å². The molecule has 1 amide bonds. The fourth-order valence-electron chi connectivity index (χ4n) is 3.25. The zero-order valence-electron chi connectivity index (χ0n) is 14.8. The van der Waals surface area contributed by atoms with Crippen molar-refractivity contribution in [2.45, 2.75) is 18.9 Å². The highest BCUT2D eigenvalue weighted by atomic mass is 79.9. The predicted molar refractivity (Wildman–Crippen MR) is 103 cm³/mol. The molecule has 27 heavy (non-hydrogen) atoms. The Morgan fingerprint density at radius 3 is 2.63 bits per heavy atom. The lowest BCUT2D eigenvalue weighted by Gasteiger charge is -2.21. The van der Waals surface area contributed by atoms with Crippen molar-refractivity contribution in [3.8, 4) is 17.1 Å². The second kappa shape index (κ2) is 7.52. The predicted octanol–water partition coefficient (Wildman–Crippen LogP) is 4.49. The molecule has 3 aromatic rings. The third-order valence-electron chi connectivity index (χ3n) is 4.68. The van der Waals surface area contributed by atoms with Crippen LogP contribution < -0.4 is 4.74 Å². The Kier molecular flexibility index (Phi) is 4.94. The molecule has 1 aliphatic heterocycles. The summed E-state index contributed by atoms with van der Waals surface area (Å²) in [4.78, 5) is 19.2. The number of aromatic nitrogens is 2. The van der Waals surface area contributed by atoms with Crippen LogP contribution in [0.15, 0.2) is 57.5 Å². The van der Waals surface area contributed by atoms with Gasteiger partial charge in [-0.15, -0.1) is 0 Å². The van der Waals surface area contributed by atoms with Gasteiger partial charge in [-0.3, -0.25) is 4.79 Å². The number of ether oxygens (including phenoxy) is 1. The first-order valence-corrected chi connectivity index (χ1v) is 9.49. The van der Waals surface area contributed by atoms with Gasteiger partial charge in [0.15, 0.2) is 0 Å². The largest absolute Gasteiger partial charge is 0.497 e. The van der Waals surface area contributed by atoms with Gasteiger partial charge >= 0.3 is 0 Å². The lowest BCUT2D eigenvalue weighted by molar-refractivity contribution is 0.0710. The van der Waals surface area contributed by atoms with Gasteiger partial charge in [-0.2, -0.15) is 4.98 Å². The fourth-order valence-corrected chi connectivity index (χ4v) is 3.52. The van der Waals surface area contributed by atoms with Gasteiger partial charge in [0.2, 0.25) is 11.7 Å². The molecule has 6 nitrogen and oxygen atoms in total. The van der Waals surface area contributed by atoms with E-state index in [1.54, 1.807) is 7.11 Å². The molecule has 0 aliphatic carbocycles. The van der Waals surface area contributed by atoms with Crippen LogP contribution in [0.25, 0.3) is 11.4 Å². The van der Waals surface area contributed by atoms with E-state index in [1.807, 2.05) is 53.4 Å². The number of methoxy groups -OCH3 is 1. The van der Waals surface area contributed by atoms with Crippen LogP contribution in [0.4, 0.5) is 0 Å². The summed E-state index contributed by atoms with van der Waals surface area (Å²) >= 11 is 3.39. The molecule has 1 aliphatic rings. The summed E-state index contributed by atoms with van der Waals surface area (Å²) in [5, 5.41) is 4.09. The quantitative estimate of drug-likeness (QED) is 0.613. The third kappa shape index (κ3) is 3.60. The molecule has 1 saturated heterocycles. The van der Waals surface area contributed by atoms with Crippen LogP contribution >= 0.6 is 15.9 Å². The Balaban J connectivity index is 1.56. The summed E-state index contributed by atoms with van der Waals surface area (Å²) in [5.74, 6) is 1.73. The summed E-state index contributed by atoms with van der Waals surface area (Å²) in [7, 11) is 1.62. The summed E-state index contributed by atoms with van der Waals surface area (Å²) in [5.41, 5.74) is 1.49. The molecule has 1 fully saturated rings. The Labute approximate surface area is 165 Å². The Bertz CT molecular complexity index is 938. The molecule has 4 rings (SSSR count). The smallest absolute Gasteiger partial charge is 0.254 e. The van der Waals surface area contributed by atoms with E-state index in [0.717, 1.165) is 28.6 Å². The van der Waals surface area contributed by atoms with Gasteiger partial charge in [0.25, 0.3) is 5.91 Å². The van der Waals surface area contributed by atoms with Crippen molar-refractivity contribution < 1.29 is 14.1 Å². The van der Waals surface area contributed by atoms with Crippen molar-refractivity contribution >= 4 is 21.8 Å². The molecular weight excluding hydrogens is 410 g/mol. The summed E-state index contributed by atoms with van der Waals surface area (Å²) in [6.07, 6.45) is 1.72. The number of rotatable bonds is 4. The summed E-state index contributed by atoms with van der Waals surface area (Å²) in [6.45, 7) is 0.680. The number of carbonyl (C=O) groups is 1. The Morgan fingerprint density at radius 1 is 1.19 bits per heavy atom. The first kappa shape index (κ1) is 17.7. The van der Waals surface area contributed by atoms with E-state index in [4.69, 9.17) is 9.26 Å². The summed E-state index contributed by atoms with van der Waals surface area (Å²) < 4.78 is 11.6. The fraction of sp³-hybridized carbons (Fsp3) is 0.250. The number of halogens is 1. The van der Waals surface area contributed by atoms with Crippen LogP contribution in [-0.4, -0.2) is 34.6 Å². The number of hydrogen-bond acceptors (Lipinski definition) is 5. The molecule has 7 heteroatoms. The normalized spacial score (nSPS) is 16.5. The highest BCUT2D eigenvalue weighted by Crippen LogP contribution is 2.33. The van der Waals surface area contributed by atoms with Gasteiger partial charge in [-0.25, -0.2) is 0 Å². The van der Waals surface area contributed by atoms with Crippen LogP contribution in [0, 0.1) is 0 Å². The van der Waals surface area contributed by atoms with Crippen LogP contribution in [0.3, 0.4) is 0 Å². The van der Waals surface area contributed by atoms with E-state index in [1.165, 1.54) is 0 Å². The van der Waals surface area contributed by atoms with E-state index in [2.05, 4.69) is 26.1 Å². The molecule has 2 aromatic carbocycles. The standard InChI is InChI=1S/C20H18BrN3O3/c1-26-16-10-6-13(7-11-16)18-22-19(27-23-18)17-3-2-12-24(17)20(25)14-4-8-15(21)9-5-14/h4-11,17H,2-3,12H2,1H3. The van der Waals surface area contributed by atoms with Crippen LogP contribution in [0.5, 0.6) is 5.75 Å². The number of likely N-dealkylation sites (tertiary alicyclic amines) is 1. The first-order chi connectivity index (χ1) is 13.2. The highest BCUT2D eigenvalue weighted by Gasteiger charge is 2.34. The lowest BCUT2D eigenvalue weighted by Crippen LogP contribution is -2.30. The molecule has 2 heterocycles. The molecule has 138 valence electrons. The van der Waals surface area contributed by atoms with Crippen molar-refractivity contribution in [3.63, 3.8) is 0 Å². The third-order valence-corrected chi connectivity index (χ3v) is 5.21. The minimum Gasteiger partial charge on any atom is -0.497 e. The van der Waals surface area contributed by atoms with Crippen molar-refractivity contribution in [2.24, 2.45) is 0 Å². The SMILES string of the molecule is COc1ccc(-c2noc(C3CCCN3C(=O)c3ccc(Br)cc3)n2)cc1. The van der Waals surface area contributed by atoms with Crippen molar-refractivity contribution in [1.29, 1.82) is 0 Å². The highest BCUT2D eigenvalue weighted by molar-refractivity contribution is 9.10. The van der Waals surface area contributed by atoms with Gasteiger partial charge in [0.1, 0.15) is 11.8 Å². The maximum Gasteiger partial charge on any atom is 0.254 e. The molecule has 1 unspecified atom stereocenters. The lowest BCUT2D eigenvalue weighted by atomic mass is 10.1.